The van der Waals surface area contributed by atoms with Gasteiger partial charge in [0.2, 0.25) is 0 Å². The van der Waals surface area contributed by atoms with Gasteiger partial charge in [-0.1, -0.05) is 12.1 Å². The summed E-state index contributed by atoms with van der Waals surface area (Å²) in [4.78, 5) is 27.1. The molecule has 1 aliphatic rings. The van der Waals surface area contributed by atoms with Gasteiger partial charge < -0.3 is 20.1 Å². The molecule has 0 radical (unpaired) electrons. The van der Waals surface area contributed by atoms with E-state index in [1.54, 1.807) is 4.90 Å². The molecule has 1 heterocycles. The van der Waals surface area contributed by atoms with Gasteiger partial charge in [-0.25, -0.2) is 4.79 Å². The first-order chi connectivity index (χ1) is 12.9. The summed E-state index contributed by atoms with van der Waals surface area (Å²) in [5, 5.41) is 12.2. The van der Waals surface area contributed by atoms with Crippen LogP contribution in [0.5, 0.6) is 5.75 Å². The van der Waals surface area contributed by atoms with Gasteiger partial charge in [0.1, 0.15) is 5.75 Å². The van der Waals surface area contributed by atoms with E-state index in [2.05, 4.69) is 5.32 Å². The molecule has 150 valence electrons. The molecule has 1 aromatic carbocycles. The average molecular weight is 377 g/mol. The van der Waals surface area contributed by atoms with E-state index in [9.17, 15) is 14.7 Å². The third-order valence-corrected chi connectivity index (χ3v) is 4.59. The number of carbonyl (C=O) groups excluding carboxylic acids is 1. The van der Waals surface area contributed by atoms with Gasteiger partial charge in [-0.15, -0.1) is 0 Å². The van der Waals surface area contributed by atoms with Gasteiger partial charge >= 0.3 is 12.0 Å². The number of piperidine rings is 1. The van der Waals surface area contributed by atoms with Crippen LogP contribution < -0.4 is 10.1 Å². The number of rotatable bonds is 8. The molecule has 0 spiro atoms. The molecule has 7 nitrogen and oxygen atoms in total. The number of benzene rings is 1. The topological polar surface area (TPSA) is 82.1 Å². The monoisotopic (exact) mass is 377 g/mol. The van der Waals surface area contributed by atoms with E-state index in [-0.39, 0.29) is 24.7 Å². The highest BCUT2D eigenvalue weighted by Crippen LogP contribution is 2.21. The Morgan fingerprint density at radius 2 is 2.04 bits per heavy atom. The zero-order valence-electron chi connectivity index (χ0n) is 16.5. The fourth-order valence-corrected chi connectivity index (χ4v) is 3.41. The third-order valence-electron chi connectivity index (χ3n) is 4.59. The Balaban J connectivity index is 2.02. The van der Waals surface area contributed by atoms with Gasteiger partial charge in [0, 0.05) is 32.2 Å². The van der Waals surface area contributed by atoms with E-state index in [0.29, 0.717) is 26.2 Å². The minimum atomic E-state index is -0.837. The Morgan fingerprint density at radius 1 is 1.33 bits per heavy atom. The number of urea groups is 1. The first-order valence-corrected chi connectivity index (χ1v) is 9.63. The van der Waals surface area contributed by atoms with Crippen LogP contribution >= 0.6 is 0 Å². The summed E-state index contributed by atoms with van der Waals surface area (Å²) in [6.45, 7) is 8.29. The normalized spacial score (nSPS) is 15.2. The SMILES string of the molecule is CCNC(=O)N1CCC(N(CC(=O)O)Cc2cccc(OC(C)C)c2)CC1. The predicted octanol–water partition coefficient (Wildman–Crippen LogP) is 2.55. The molecule has 2 rings (SSSR count). The second kappa shape index (κ2) is 10.2. The first kappa shape index (κ1) is 21.0. The van der Waals surface area contributed by atoms with E-state index in [0.717, 1.165) is 24.2 Å². The van der Waals surface area contributed by atoms with Crippen molar-refractivity contribution in [1.82, 2.24) is 15.1 Å². The second-order valence-electron chi connectivity index (χ2n) is 7.17. The van der Waals surface area contributed by atoms with Crippen LogP contribution in [0.15, 0.2) is 24.3 Å². The van der Waals surface area contributed by atoms with Crippen molar-refractivity contribution in [3.8, 4) is 5.75 Å². The molecular weight excluding hydrogens is 346 g/mol. The highest BCUT2D eigenvalue weighted by molar-refractivity contribution is 5.74. The summed E-state index contributed by atoms with van der Waals surface area (Å²) < 4.78 is 5.74. The van der Waals surface area contributed by atoms with Crippen LogP contribution in [-0.4, -0.2) is 65.2 Å². The van der Waals surface area contributed by atoms with E-state index in [4.69, 9.17) is 4.74 Å². The van der Waals surface area contributed by atoms with Crippen molar-refractivity contribution in [3.63, 3.8) is 0 Å². The van der Waals surface area contributed by atoms with Crippen molar-refractivity contribution in [3.05, 3.63) is 29.8 Å². The Bertz CT molecular complexity index is 627. The van der Waals surface area contributed by atoms with Crippen molar-refractivity contribution in [2.24, 2.45) is 0 Å². The van der Waals surface area contributed by atoms with Crippen molar-refractivity contribution >= 4 is 12.0 Å². The number of carbonyl (C=O) groups is 2. The van der Waals surface area contributed by atoms with Crippen LogP contribution in [-0.2, 0) is 11.3 Å². The van der Waals surface area contributed by atoms with Crippen molar-refractivity contribution < 1.29 is 19.4 Å². The van der Waals surface area contributed by atoms with Gasteiger partial charge in [-0.2, -0.15) is 0 Å². The lowest BCUT2D eigenvalue weighted by Gasteiger charge is -2.38. The second-order valence-corrected chi connectivity index (χ2v) is 7.17. The number of amides is 2. The van der Waals surface area contributed by atoms with Crippen LogP contribution in [0.3, 0.4) is 0 Å². The summed E-state index contributed by atoms with van der Waals surface area (Å²) in [7, 11) is 0. The number of nitrogens with zero attached hydrogens (tertiary/aromatic N) is 2. The number of nitrogens with one attached hydrogen (secondary N) is 1. The summed E-state index contributed by atoms with van der Waals surface area (Å²) in [6, 6.07) is 7.91. The van der Waals surface area contributed by atoms with Crippen LogP contribution in [0.2, 0.25) is 0 Å². The molecule has 7 heteroatoms. The number of hydrogen-bond acceptors (Lipinski definition) is 4. The Labute approximate surface area is 161 Å². The van der Waals surface area contributed by atoms with Gasteiger partial charge in [0.15, 0.2) is 0 Å². The number of likely N-dealkylation sites (tertiary alicyclic amines) is 1. The molecule has 0 atom stereocenters. The lowest BCUT2D eigenvalue weighted by Crippen LogP contribution is -2.50. The van der Waals surface area contributed by atoms with Gasteiger partial charge in [0.05, 0.1) is 12.6 Å². The fourth-order valence-electron chi connectivity index (χ4n) is 3.41. The smallest absolute Gasteiger partial charge is 0.317 e. The molecule has 0 bridgehead atoms. The molecule has 0 saturated carbocycles. The Hall–Kier alpha value is -2.28. The molecular formula is C20H31N3O4. The number of carboxylic acid groups (broad SMARTS) is 1. The maximum absolute atomic E-state index is 12.0. The Morgan fingerprint density at radius 3 is 2.63 bits per heavy atom. The van der Waals surface area contributed by atoms with Gasteiger partial charge in [0.25, 0.3) is 0 Å². The highest BCUT2D eigenvalue weighted by Gasteiger charge is 2.28. The zero-order chi connectivity index (χ0) is 19.8. The third kappa shape index (κ3) is 6.75. The molecule has 1 aromatic rings. The lowest BCUT2D eigenvalue weighted by atomic mass is 10.0. The van der Waals surface area contributed by atoms with Crippen LogP contribution in [0.4, 0.5) is 4.79 Å². The molecule has 1 fully saturated rings. The number of aliphatic carboxylic acids is 1. The zero-order valence-corrected chi connectivity index (χ0v) is 16.5. The van der Waals surface area contributed by atoms with Crippen molar-refractivity contribution in [2.75, 3.05) is 26.2 Å². The molecule has 1 aliphatic heterocycles. The Kier molecular flexibility index (Phi) is 7.91. The highest BCUT2D eigenvalue weighted by atomic mass is 16.5. The largest absolute Gasteiger partial charge is 0.491 e. The molecule has 2 amide bonds. The average Bonchev–Trinajstić information content (AvgIpc) is 2.61. The summed E-state index contributed by atoms with van der Waals surface area (Å²) in [6.07, 6.45) is 1.63. The van der Waals surface area contributed by atoms with E-state index in [1.165, 1.54) is 0 Å². The molecule has 1 saturated heterocycles. The summed E-state index contributed by atoms with van der Waals surface area (Å²) in [5.41, 5.74) is 1.03. The van der Waals surface area contributed by atoms with E-state index >= 15 is 0 Å². The quantitative estimate of drug-likeness (QED) is 0.728. The molecule has 0 aliphatic carbocycles. The lowest BCUT2D eigenvalue weighted by molar-refractivity contribution is -0.139. The number of hydrogen-bond donors (Lipinski definition) is 2. The summed E-state index contributed by atoms with van der Waals surface area (Å²) in [5.74, 6) is -0.0421. The first-order valence-electron chi connectivity index (χ1n) is 9.63. The number of carboxylic acids is 1. The van der Waals surface area contributed by atoms with Crippen molar-refractivity contribution in [1.29, 1.82) is 0 Å². The fraction of sp³-hybridized carbons (Fsp3) is 0.600. The molecule has 0 unspecified atom stereocenters. The van der Waals surface area contributed by atoms with Crippen molar-refractivity contribution in [2.45, 2.75) is 52.3 Å². The minimum absolute atomic E-state index is 0.0128. The van der Waals surface area contributed by atoms with Gasteiger partial charge in [-0.05, 0) is 51.3 Å². The summed E-state index contributed by atoms with van der Waals surface area (Å²) >= 11 is 0. The van der Waals surface area contributed by atoms with Crippen LogP contribution in [0.1, 0.15) is 39.2 Å². The minimum Gasteiger partial charge on any atom is -0.491 e. The maximum atomic E-state index is 12.0. The standard InChI is InChI=1S/C20H31N3O4/c1-4-21-20(26)22-10-8-17(9-11-22)23(14-19(24)25)13-16-6-5-7-18(12-16)27-15(2)3/h5-7,12,15,17H,4,8-11,13-14H2,1-3H3,(H,21,26)(H,24,25). The van der Waals surface area contributed by atoms with E-state index < -0.39 is 5.97 Å². The van der Waals surface area contributed by atoms with Crippen LogP contribution in [0, 0.1) is 0 Å². The predicted molar refractivity (Wildman–Crippen MR) is 104 cm³/mol. The van der Waals surface area contributed by atoms with E-state index in [1.807, 2.05) is 49.9 Å². The molecule has 2 N–H and O–H groups in total. The molecule has 27 heavy (non-hydrogen) atoms. The van der Waals surface area contributed by atoms with Crippen LogP contribution in [0.25, 0.3) is 0 Å². The number of ether oxygens (including phenoxy) is 1. The maximum Gasteiger partial charge on any atom is 0.317 e. The van der Waals surface area contributed by atoms with Gasteiger partial charge in [-0.3, -0.25) is 9.69 Å². The molecule has 0 aromatic heterocycles.